The minimum atomic E-state index is -0.819. The van der Waals surface area contributed by atoms with Gasteiger partial charge in [-0.05, 0) is 30.0 Å². The van der Waals surface area contributed by atoms with Gasteiger partial charge in [0.2, 0.25) is 0 Å². The van der Waals surface area contributed by atoms with Crippen molar-refractivity contribution in [1.29, 1.82) is 0 Å². The molecule has 2 N–H and O–H groups in total. The van der Waals surface area contributed by atoms with Crippen LogP contribution in [-0.4, -0.2) is 26.8 Å². The number of nitrogens with zero attached hydrogens (tertiary/aromatic N) is 2. The van der Waals surface area contributed by atoms with Crippen molar-refractivity contribution < 1.29 is 14.7 Å². The predicted molar refractivity (Wildman–Crippen MR) is 87.6 cm³/mol. The number of anilines is 1. The summed E-state index contributed by atoms with van der Waals surface area (Å²) in [7, 11) is 1.79. The van der Waals surface area contributed by atoms with Crippen LogP contribution in [0.3, 0.4) is 0 Å². The van der Waals surface area contributed by atoms with Gasteiger partial charge in [-0.2, -0.15) is 5.10 Å². The number of benzene rings is 1. The second-order valence-corrected chi connectivity index (χ2v) is 5.80. The van der Waals surface area contributed by atoms with Gasteiger partial charge in [-0.3, -0.25) is 14.3 Å². The number of aryl methyl sites for hydroxylation is 2. The fraction of sp³-hybridized carbons (Fsp3) is 0.353. The Morgan fingerprint density at radius 3 is 2.48 bits per heavy atom. The van der Waals surface area contributed by atoms with Crippen LogP contribution in [0.5, 0.6) is 0 Å². The molecule has 0 fully saturated rings. The van der Waals surface area contributed by atoms with Crippen LogP contribution in [0.25, 0.3) is 0 Å². The second-order valence-electron chi connectivity index (χ2n) is 5.80. The van der Waals surface area contributed by atoms with Crippen molar-refractivity contribution in [2.45, 2.75) is 32.6 Å². The summed E-state index contributed by atoms with van der Waals surface area (Å²) in [5, 5.41) is 15.9. The average Bonchev–Trinajstić information content (AvgIpc) is 2.89. The number of hydrogen-bond donors (Lipinski definition) is 2. The fourth-order valence-electron chi connectivity index (χ4n) is 2.31. The molecule has 0 radical (unpaired) electrons. The van der Waals surface area contributed by atoms with Crippen molar-refractivity contribution in [3.63, 3.8) is 0 Å². The van der Waals surface area contributed by atoms with E-state index in [9.17, 15) is 9.59 Å². The standard InChI is InChI=1S/C17H21N3O3/c1-11(2)16-14(10-20(3)19-16)17(23)18-13-7-4-12(5-8-13)6-9-15(21)22/h4-5,7-8,10-11H,6,9H2,1-3H3,(H,18,23)(H,21,22). The van der Waals surface area contributed by atoms with Gasteiger partial charge in [0.25, 0.3) is 5.91 Å². The first kappa shape index (κ1) is 16.7. The highest BCUT2D eigenvalue weighted by Gasteiger charge is 2.18. The Morgan fingerprint density at radius 2 is 1.91 bits per heavy atom. The number of rotatable bonds is 6. The van der Waals surface area contributed by atoms with E-state index < -0.39 is 5.97 Å². The smallest absolute Gasteiger partial charge is 0.303 e. The molecule has 1 amide bonds. The summed E-state index contributed by atoms with van der Waals surface area (Å²) in [4.78, 5) is 23.0. The van der Waals surface area contributed by atoms with Gasteiger partial charge in [-0.15, -0.1) is 0 Å². The highest BCUT2D eigenvalue weighted by Crippen LogP contribution is 2.19. The van der Waals surface area contributed by atoms with Crippen LogP contribution in [0.4, 0.5) is 5.69 Å². The number of carbonyl (C=O) groups is 2. The van der Waals surface area contributed by atoms with Gasteiger partial charge in [0.15, 0.2) is 0 Å². The Bertz CT molecular complexity index is 702. The summed E-state index contributed by atoms with van der Waals surface area (Å²) in [6.45, 7) is 3.99. The van der Waals surface area contributed by atoms with E-state index in [1.165, 1.54) is 0 Å². The Balaban J connectivity index is 2.07. The second kappa shape index (κ2) is 7.09. The molecule has 23 heavy (non-hydrogen) atoms. The lowest BCUT2D eigenvalue weighted by molar-refractivity contribution is -0.136. The number of carbonyl (C=O) groups excluding carboxylic acids is 1. The molecular weight excluding hydrogens is 294 g/mol. The Labute approximate surface area is 135 Å². The van der Waals surface area contributed by atoms with E-state index in [0.717, 1.165) is 11.3 Å². The van der Waals surface area contributed by atoms with Gasteiger partial charge in [-0.25, -0.2) is 0 Å². The zero-order valence-corrected chi connectivity index (χ0v) is 13.5. The van der Waals surface area contributed by atoms with Gasteiger partial charge < -0.3 is 10.4 Å². The lowest BCUT2D eigenvalue weighted by atomic mass is 10.1. The normalized spacial score (nSPS) is 10.8. The van der Waals surface area contributed by atoms with Gasteiger partial charge >= 0.3 is 5.97 Å². The molecule has 0 aliphatic heterocycles. The molecule has 2 rings (SSSR count). The van der Waals surface area contributed by atoms with Crippen molar-refractivity contribution in [1.82, 2.24) is 9.78 Å². The van der Waals surface area contributed by atoms with E-state index in [-0.39, 0.29) is 18.2 Å². The predicted octanol–water partition coefficient (Wildman–Crippen LogP) is 2.81. The summed E-state index contributed by atoms with van der Waals surface area (Å²) in [5.41, 5.74) is 2.93. The summed E-state index contributed by atoms with van der Waals surface area (Å²) in [5.74, 6) is -0.851. The van der Waals surface area contributed by atoms with Crippen molar-refractivity contribution in [3.05, 3.63) is 47.3 Å². The first-order chi connectivity index (χ1) is 10.9. The molecule has 6 nitrogen and oxygen atoms in total. The van der Waals surface area contributed by atoms with E-state index in [1.807, 2.05) is 26.0 Å². The molecule has 1 aromatic carbocycles. The molecule has 0 saturated heterocycles. The topological polar surface area (TPSA) is 84.2 Å². The Hall–Kier alpha value is -2.63. The van der Waals surface area contributed by atoms with Crippen molar-refractivity contribution in [3.8, 4) is 0 Å². The maximum absolute atomic E-state index is 12.4. The molecule has 1 aromatic heterocycles. The summed E-state index contributed by atoms with van der Waals surface area (Å²) >= 11 is 0. The van der Waals surface area contributed by atoms with E-state index in [1.54, 1.807) is 30.1 Å². The van der Waals surface area contributed by atoms with E-state index in [0.29, 0.717) is 17.7 Å². The summed E-state index contributed by atoms with van der Waals surface area (Å²) < 4.78 is 1.64. The molecule has 1 heterocycles. The number of hydrogen-bond acceptors (Lipinski definition) is 3. The number of carboxylic acids is 1. The average molecular weight is 315 g/mol. The van der Waals surface area contributed by atoms with Crippen LogP contribution in [0, 0.1) is 0 Å². The Kier molecular flexibility index (Phi) is 5.16. The van der Waals surface area contributed by atoms with Gasteiger partial charge in [0.1, 0.15) is 0 Å². The van der Waals surface area contributed by atoms with Crippen molar-refractivity contribution in [2.24, 2.45) is 7.05 Å². The molecule has 0 aliphatic carbocycles. The number of aromatic nitrogens is 2. The quantitative estimate of drug-likeness (QED) is 0.858. The Morgan fingerprint density at radius 1 is 1.26 bits per heavy atom. The number of nitrogens with one attached hydrogen (secondary N) is 1. The zero-order valence-electron chi connectivity index (χ0n) is 13.5. The van der Waals surface area contributed by atoms with Crippen LogP contribution in [0.1, 0.15) is 47.8 Å². The lowest BCUT2D eigenvalue weighted by Crippen LogP contribution is -2.13. The third-order valence-corrected chi connectivity index (χ3v) is 3.49. The number of aliphatic carboxylic acids is 1. The van der Waals surface area contributed by atoms with Crippen LogP contribution in [0.2, 0.25) is 0 Å². The van der Waals surface area contributed by atoms with Crippen LogP contribution >= 0.6 is 0 Å². The lowest BCUT2D eigenvalue weighted by Gasteiger charge is -2.08. The van der Waals surface area contributed by atoms with Gasteiger partial charge in [0, 0.05) is 25.4 Å². The maximum Gasteiger partial charge on any atom is 0.303 e. The van der Waals surface area contributed by atoms with Gasteiger partial charge in [0.05, 0.1) is 11.3 Å². The molecule has 0 unspecified atom stereocenters. The molecule has 0 bridgehead atoms. The summed E-state index contributed by atoms with van der Waals surface area (Å²) in [6.07, 6.45) is 2.29. The maximum atomic E-state index is 12.4. The van der Waals surface area contributed by atoms with Crippen LogP contribution < -0.4 is 5.32 Å². The van der Waals surface area contributed by atoms with Crippen molar-refractivity contribution in [2.75, 3.05) is 5.32 Å². The highest BCUT2D eigenvalue weighted by atomic mass is 16.4. The largest absolute Gasteiger partial charge is 0.481 e. The number of carboxylic acid groups (broad SMARTS) is 1. The van der Waals surface area contributed by atoms with Crippen LogP contribution in [-0.2, 0) is 18.3 Å². The van der Waals surface area contributed by atoms with E-state index in [2.05, 4.69) is 10.4 Å². The fourth-order valence-corrected chi connectivity index (χ4v) is 2.31. The molecular formula is C17H21N3O3. The minimum absolute atomic E-state index is 0.0964. The van der Waals surface area contributed by atoms with Crippen LogP contribution in [0.15, 0.2) is 30.5 Å². The van der Waals surface area contributed by atoms with E-state index >= 15 is 0 Å². The first-order valence-corrected chi connectivity index (χ1v) is 7.52. The molecule has 0 aliphatic rings. The zero-order chi connectivity index (χ0) is 17.0. The third kappa shape index (κ3) is 4.42. The minimum Gasteiger partial charge on any atom is -0.481 e. The highest BCUT2D eigenvalue weighted by molar-refractivity contribution is 6.05. The number of amides is 1. The molecule has 122 valence electrons. The molecule has 0 atom stereocenters. The van der Waals surface area contributed by atoms with Gasteiger partial charge in [-0.1, -0.05) is 26.0 Å². The van der Waals surface area contributed by atoms with Crippen molar-refractivity contribution >= 4 is 17.6 Å². The first-order valence-electron chi connectivity index (χ1n) is 7.52. The molecule has 0 saturated carbocycles. The summed E-state index contributed by atoms with van der Waals surface area (Å²) in [6, 6.07) is 7.21. The molecule has 2 aromatic rings. The SMILES string of the molecule is CC(C)c1nn(C)cc1C(=O)Nc1ccc(CCC(=O)O)cc1. The molecule has 0 spiro atoms. The monoisotopic (exact) mass is 315 g/mol. The molecule has 6 heteroatoms. The third-order valence-electron chi connectivity index (χ3n) is 3.49. The van der Waals surface area contributed by atoms with E-state index in [4.69, 9.17) is 5.11 Å².